The van der Waals surface area contributed by atoms with Crippen LogP contribution >= 0.6 is 0 Å². The van der Waals surface area contributed by atoms with Crippen LogP contribution in [0, 0.1) is 5.92 Å². The summed E-state index contributed by atoms with van der Waals surface area (Å²) >= 11 is 0. The van der Waals surface area contributed by atoms with E-state index in [1.165, 1.54) is 11.9 Å². The lowest BCUT2D eigenvalue weighted by atomic mass is 9.98. The number of amides is 1. The van der Waals surface area contributed by atoms with Crippen molar-refractivity contribution in [1.82, 2.24) is 4.90 Å². The highest BCUT2D eigenvalue weighted by atomic mass is 16.4. The minimum Gasteiger partial charge on any atom is -0.480 e. The number of carbonyl (C=O) groups excluding carboxylic acids is 1. The molecular formula is C11H22N2O3. The Morgan fingerprint density at radius 3 is 2.12 bits per heavy atom. The van der Waals surface area contributed by atoms with Gasteiger partial charge in [0.25, 0.3) is 0 Å². The van der Waals surface area contributed by atoms with Gasteiger partial charge < -0.3 is 15.7 Å². The molecule has 0 aliphatic rings. The smallest absolute Gasteiger partial charge is 0.326 e. The first-order valence-electron chi connectivity index (χ1n) is 5.61. The van der Waals surface area contributed by atoms with E-state index >= 15 is 0 Å². The normalized spacial score (nSPS) is 16.3. The molecule has 0 saturated heterocycles. The number of nitrogens with zero attached hydrogens (tertiary/aromatic N) is 1. The number of aliphatic carboxylic acids is 1. The summed E-state index contributed by atoms with van der Waals surface area (Å²) in [5, 5.41) is 8.94. The Labute approximate surface area is 96.6 Å². The molecule has 0 spiro atoms. The zero-order valence-corrected chi connectivity index (χ0v) is 10.4. The van der Waals surface area contributed by atoms with Gasteiger partial charge in [-0.1, -0.05) is 27.2 Å². The van der Waals surface area contributed by atoms with E-state index in [4.69, 9.17) is 10.8 Å². The molecule has 0 heterocycles. The Hall–Kier alpha value is -1.10. The maximum absolute atomic E-state index is 11.9. The number of hydrogen-bond acceptors (Lipinski definition) is 3. The van der Waals surface area contributed by atoms with E-state index in [9.17, 15) is 9.59 Å². The molecule has 5 heteroatoms. The lowest BCUT2D eigenvalue weighted by molar-refractivity contribution is -0.150. The maximum Gasteiger partial charge on any atom is 0.326 e. The van der Waals surface area contributed by atoms with Crippen LogP contribution in [0.5, 0.6) is 0 Å². The van der Waals surface area contributed by atoms with Gasteiger partial charge in [0.15, 0.2) is 0 Å². The predicted octanol–water partition coefficient (Wildman–Crippen LogP) is 0.681. The second-order valence-corrected chi connectivity index (χ2v) is 4.12. The molecule has 0 radical (unpaired) electrons. The topological polar surface area (TPSA) is 83.6 Å². The fourth-order valence-corrected chi connectivity index (χ4v) is 1.50. The average Bonchev–Trinajstić information content (AvgIpc) is 2.26. The van der Waals surface area contributed by atoms with Crippen LogP contribution in [0.15, 0.2) is 0 Å². The van der Waals surface area contributed by atoms with Gasteiger partial charge >= 0.3 is 5.97 Å². The van der Waals surface area contributed by atoms with Crippen molar-refractivity contribution in [3.8, 4) is 0 Å². The Balaban J connectivity index is 4.65. The Bertz CT molecular complexity index is 256. The fraction of sp³-hybridized carbons (Fsp3) is 0.818. The van der Waals surface area contributed by atoms with E-state index in [2.05, 4.69) is 0 Å². The van der Waals surface area contributed by atoms with Gasteiger partial charge in [-0.15, -0.1) is 0 Å². The van der Waals surface area contributed by atoms with Gasteiger partial charge in [-0.2, -0.15) is 0 Å². The quantitative estimate of drug-likeness (QED) is 0.703. The molecule has 0 saturated carbocycles. The number of likely N-dealkylation sites (N-methyl/N-ethyl adjacent to an activating group) is 1. The van der Waals surface area contributed by atoms with Gasteiger partial charge in [-0.3, -0.25) is 4.79 Å². The molecule has 3 N–H and O–H groups in total. The first kappa shape index (κ1) is 14.9. The lowest BCUT2D eigenvalue weighted by Crippen LogP contribution is -2.51. The highest BCUT2D eigenvalue weighted by Gasteiger charge is 2.29. The van der Waals surface area contributed by atoms with E-state index in [1.807, 2.05) is 13.8 Å². The molecule has 0 aromatic rings. The third-order valence-electron chi connectivity index (χ3n) is 3.03. The highest BCUT2D eigenvalue weighted by molar-refractivity contribution is 5.86. The van der Waals surface area contributed by atoms with E-state index in [1.54, 1.807) is 6.92 Å². The third-order valence-corrected chi connectivity index (χ3v) is 3.03. The van der Waals surface area contributed by atoms with Gasteiger partial charge in [0, 0.05) is 7.05 Å². The van der Waals surface area contributed by atoms with Crippen molar-refractivity contribution >= 4 is 11.9 Å². The van der Waals surface area contributed by atoms with E-state index < -0.39 is 18.1 Å². The van der Waals surface area contributed by atoms with Crippen LogP contribution in [0.2, 0.25) is 0 Å². The van der Waals surface area contributed by atoms with Gasteiger partial charge in [-0.25, -0.2) is 4.79 Å². The largest absolute Gasteiger partial charge is 0.480 e. The summed E-state index contributed by atoms with van der Waals surface area (Å²) in [5.74, 6) is -1.24. The number of hydrogen-bond donors (Lipinski definition) is 2. The Morgan fingerprint density at radius 1 is 1.31 bits per heavy atom. The molecule has 5 nitrogen and oxygen atoms in total. The molecule has 3 atom stereocenters. The second-order valence-electron chi connectivity index (χ2n) is 4.12. The van der Waals surface area contributed by atoms with Crippen LogP contribution in [-0.2, 0) is 9.59 Å². The molecular weight excluding hydrogens is 208 g/mol. The Kier molecular flexibility index (Phi) is 6.03. The molecule has 0 aliphatic carbocycles. The fourth-order valence-electron chi connectivity index (χ4n) is 1.50. The van der Waals surface area contributed by atoms with Crippen LogP contribution in [0.25, 0.3) is 0 Å². The maximum atomic E-state index is 11.9. The van der Waals surface area contributed by atoms with Crippen molar-refractivity contribution in [1.29, 1.82) is 0 Å². The van der Waals surface area contributed by atoms with Crippen molar-refractivity contribution in [3.63, 3.8) is 0 Å². The third kappa shape index (κ3) is 3.48. The number of rotatable bonds is 6. The van der Waals surface area contributed by atoms with E-state index in [0.717, 1.165) is 6.42 Å². The van der Waals surface area contributed by atoms with Crippen LogP contribution in [0.4, 0.5) is 0 Å². The van der Waals surface area contributed by atoms with Crippen LogP contribution in [0.1, 0.15) is 33.6 Å². The predicted molar refractivity (Wildman–Crippen MR) is 61.9 cm³/mol. The van der Waals surface area contributed by atoms with Crippen LogP contribution in [0.3, 0.4) is 0 Å². The summed E-state index contributed by atoms with van der Waals surface area (Å²) in [5.41, 5.74) is 5.78. The van der Waals surface area contributed by atoms with Crippen LogP contribution in [-0.4, -0.2) is 41.0 Å². The molecule has 0 aromatic carbocycles. The van der Waals surface area contributed by atoms with E-state index in [-0.39, 0.29) is 11.8 Å². The van der Waals surface area contributed by atoms with Crippen molar-refractivity contribution in [2.45, 2.75) is 45.7 Å². The Morgan fingerprint density at radius 2 is 1.81 bits per heavy atom. The van der Waals surface area contributed by atoms with Crippen molar-refractivity contribution in [3.05, 3.63) is 0 Å². The second kappa shape index (κ2) is 6.48. The summed E-state index contributed by atoms with van der Waals surface area (Å²) in [6, 6.07) is -1.41. The highest BCUT2D eigenvalue weighted by Crippen LogP contribution is 2.11. The molecule has 0 rings (SSSR count). The zero-order chi connectivity index (χ0) is 12.9. The number of carboxylic acids is 1. The lowest BCUT2D eigenvalue weighted by Gasteiger charge is -2.28. The van der Waals surface area contributed by atoms with E-state index in [0.29, 0.717) is 6.42 Å². The summed E-state index contributed by atoms with van der Waals surface area (Å²) < 4.78 is 0. The summed E-state index contributed by atoms with van der Waals surface area (Å²) in [7, 11) is 1.49. The molecule has 16 heavy (non-hydrogen) atoms. The van der Waals surface area contributed by atoms with Crippen LogP contribution < -0.4 is 5.73 Å². The summed E-state index contributed by atoms with van der Waals surface area (Å²) in [6.07, 6.45) is 1.18. The monoisotopic (exact) mass is 230 g/mol. The molecule has 1 amide bonds. The molecule has 0 bridgehead atoms. The standard InChI is InChI=1S/C11H22N2O3/c1-5-7(3)9(12)10(14)13(4)8(6-2)11(15)16/h7-9H,5-6,12H2,1-4H3,(H,15,16)/t7?,8?,9-/m0/s1. The van der Waals surface area contributed by atoms with Crippen molar-refractivity contribution in [2.75, 3.05) is 7.05 Å². The van der Waals surface area contributed by atoms with Gasteiger partial charge in [0.05, 0.1) is 6.04 Å². The molecule has 0 fully saturated rings. The number of nitrogens with two attached hydrogens (primary N) is 1. The van der Waals surface area contributed by atoms with Gasteiger partial charge in [-0.05, 0) is 12.3 Å². The zero-order valence-electron chi connectivity index (χ0n) is 10.4. The summed E-state index contributed by atoms with van der Waals surface area (Å²) in [6.45, 7) is 5.57. The van der Waals surface area contributed by atoms with Crippen molar-refractivity contribution in [2.24, 2.45) is 11.7 Å². The number of carbonyl (C=O) groups is 2. The average molecular weight is 230 g/mol. The first-order valence-corrected chi connectivity index (χ1v) is 5.61. The summed E-state index contributed by atoms with van der Waals surface area (Å²) in [4.78, 5) is 24.0. The first-order chi connectivity index (χ1) is 7.36. The SMILES string of the molecule is CCC(C)[C@H](N)C(=O)N(C)C(CC)C(=O)O. The minimum atomic E-state index is -0.991. The molecule has 0 aliphatic heterocycles. The minimum absolute atomic E-state index is 0.0567. The molecule has 0 aromatic heterocycles. The molecule has 2 unspecified atom stereocenters. The van der Waals surface area contributed by atoms with Gasteiger partial charge in [0.2, 0.25) is 5.91 Å². The number of carboxylic acid groups (broad SMARTS) is 1. The van der Waals surface area contributed by atoms with Gasteiger partial charge in [0.1, 0.15) is 6.04 Å². The molecule has 94 valence electrons. The van der Waals surface area contributed by atoms with Crippen molar-refractivity contribution < 1.29 is 14.7 Å².